The third kappa shape index (κ3) is 4.18. The van der Waals surface area contributed by atoms with Gasteiger partial charge in [0.2, 0.25) is 5.91 Å². The summed E-state index contributed by atoms with van der Waals surface area (Å²) < 4.78 is 0. The van der Waals surface area contributed by atoms with Gasteiger partial charge in [0, 0.05) is 13.0 Å². The van der Waals surface area contributed by atoms with Crippen molar-refractivity contribution in [2.45, 2.75) is 6.42 Å². The van der Waals surface area contributed by atoms with Crippen LogP contribution in [0.1, 0.15) is 5.82 Å². The van der Waals surface area contributed by atoms with Crippen LogP contribution in [0.5, 0.6) is 0 Å². The second-order valence-electron chi connectivity index (χ2n) is 3.50. The summed E-state index contributed by atoms with van der Waals surface area (Å²) in [4.78, 5) is 18.5. The van der Waals surface area contributed by atoms with Gasteiger partial charge in [-0.15, -0.1) is 24.8 Å². The van der Waals surface area contributed by atoms with Crippen molar-refractivity contribution < 1.29 is 4.79 Å². The van der Waals surface area contributed by atoms with Crippen LogP contribution in [0.3, 0.4) is 0 Å². The van der Waals surface area contributed by atoms with Crippen molar-refractivity contribution in [3.63, 3.8) is 0 Å². The Morgan fingerprint density at radius 3 is 2.72 bits per heavy atom. The highest BCUT2D eigenvalue weighted by Crippen LogP contribution is 2.09. The molecule has 1 aromatic carbocycles. The van der Waals surface area contributed by atoms with E-state index in [4.69, 9.17) is 5.73 Å². The quantitative estimate of drug-likeness (QED) is 0.786. The zero-order valence-electron chi connectivity index (χ0n) is 9.68. The molecule has 0 aliphatic rings. The molecule has 1 amide bonds. The van der Waals surface area contributed by atoms with Crippen molar-refractivity contribution in [2.75, 3.05) is 13.1 Å². The average Bonchev–Trinajstić information content (AvgIpc) is 2.71. The van der Waals surface area contributed by atoms with Crippen LogP contribution >= 0.6 is 24.8 Å². The number of imidazole rings is 1. The first kappa shape index (κ1) is 16.7. The Balaban J connectivity index is 0.00000144. The van der Waals surface area contributed by atoms with Gasteiger partial charge in [-0.2, -0.15) is 0 Å². The van der Waals surface area contributed by atoms with Crippen LogP contribution in [0.15, 0.2) is 24.3 Å². The third-order valence-corrected chi connectivity index (χ3v) is 2.31. The zero-order chi connectivity index (χ0) is 11.4. The molecule has 18 heavy (non-hydrogen) atoms. The Morgan fingerprint density at radius 2 is 2.06 bits per heavy atom. The van der Waals surface area contributed by atoms with Crippen LogP contribution < -0.4 is 11.1 Å². The number of nitrogens with two attached hydrogens (primary N) is 1. The molecule has 7 heteroatoms. The maximum absolute atomic E-state index is 10.9. The highest BCUT2D eigenvalue weighted by molar-refractivity contribution is 5.85. The predicted molar refractivity (Wildman–Crippen MR) is 76.4 cm³/mol. The van der Waals surface area contributed by atoms with E-state index in [1.807, 2.05) is 24.3 Å². The van der Waals surface area contributed by atoms with E-state index in [0.29, 0.717) is 13.0 Å². The second kappa shape index (κ2) is 7.92. The highest BCUT2D eigenvalue weighted by Gasteiger charge is 2.02. The third-order valence-electron chi connectivity index (χ3n) is 2.31. The van der Waals surface area contributed by atoms with Crippen molar-refractivity contribution in [3.8, 4) is 0 Å². The van der Waals surface area contributed by atoms with E-state index >= 15 is 0 Å². The first-order chi connectivity index (χ1) is 7.79. The van der Waals surface area contributed by atoms with Crippen LogP contribution in [-0.2, 0) is 11.2 Å². The Morgan fingerprint density at radius 1 is 1.33 bits per heavy atom. The number of fused-ring (bicyclic) bond motifs is 1. The number of rotatable bonds is 4. The number of carbonyl (C=O) groups excluding carboxylic acids is 1. The molecule has 1 heterocycles. The molecule has 5 nitrogen and oxygen atoms in total. The molecule has 0 radical (unpaired) electrons. The number of H-pyrrole nitrogens is 1. The largest absolute Gasteiger partial charge is 0.355 e. The van der Waals surface area contributed by atoms with Crippen molar-refractivity contribution in [1.82, 2.24) is 15.3 Å². The lowest BCUT2D eigenvalue weighted by molar-refractivity contribution is -0.119. The number of aromatic amines is 1. The molecule has 0 saturated heterocycles. The fourth-order valence-electron chi connectivity index (χ4n) is 1.52. The number of nitrogens with one attached hydrogen (secondary N) is 2. The maximum atomic E-state index is 10.9. The van der Waals surface area contributed by atoms with Gasteiger partial charge in [0.15, 0.2) is 0 Å². The van der Waals surface area contributed by atoms with E-state index < -0.39 is 0 Å². The number of carbonyl (C=O) groups is 1. The Hall–Kier alpha value is -1.30. The summed E-state index contributed by atoms with van der Waals surface area (Å²) in [5, 5.41) is 2.70. The summed E-state index contributed by atoms with van der Waals surface area (Å²) >= 11 is 0. The van der Waals surface area contributed by atoms with Gasteiger partial charge in [0.1, 0.15) is 5.82 Å². The van der Waals surface area contributed by atoms with Crippen molar-refractivity contribution in [1.29, 1.82) is 0 Å². The Kier molecular flexibility index (Phi) is 7.35. The van der Waals surface area contributed by atoms with E-state index in [1.165, 1.54) is 0 Å². The number of hydrogen-bond acceptors (Lipinski definition) is 3. The second-order valence-corrected chi connectivity index (χ2v) is 3.50. The average molecular weight is 291 g/mol. The number of aromatic nitrogens is 2. The van der Waals surface area contributed by atoms with Gasteiger partial charge in [0.05, 0.1) is 17.6 Å². The molecule has 0 bridgehead atoms. The number of benzene rings is 1. The smallest absolute Gasteiger partial charge is 0.233 e. The summed E-state index contributed by atoms with van der Waals surface area (Å²) in [6.07, 6.45) is 0.681. The van der Waals surface area contributed by atoms with Gasteiger partial charge in [-0.1, -0.05) is 12.1 Å². The minimum absolute atomic E-state index is 0. The summed E-state index contributed by atoms with van der Waals surface area (Å²) in [6, 6.07) is 7.84. The monoisotopic (exact) mass is 290 g/mol. The number of nitrogens with zero attached hydrogens (tertiary/aromatic N) is 1. The van der Waals surface area contributed by atoms with Crippen LogP contribution in [-0.4, -0.2) is 29.0 Å². The fraction of sp³-hybridized carbons (Fsp3) is 0.273. The number of halogens is 2. The highest BCUT2D eigenvalue weighted by atomic mass is 35.5. The molecule has 0 atom stereocenters. The molecule has 0 fully saturated rings. The standard InChI is InChI=1S/C11H14N4O.2ClH/c12-7-11(16)13-6-5-10-14-8-3-1-2-4-9(8)15-10;;/h1-4H,5-7,12H2,(H,13,16)(H,14,15);2*1H. The summed E-state index contributed by atoms with van der Waals surface area (Å²) in [5.41, 5.74) is 7.14. The molecule has 0 aliphatic carbocycles. The molecule has 1 aromatic heterocycles. The van der Waals surface area contributed by atoms with Gasteiger partial charge in [-0.3, -0.25) is 4.79 Å². The predicted octanol–water partition coefficient (Wildman–Crippen LogP) is 1.02. The van der Waals surface area contributed by atoms with Crippen molar-refractivity contribution >= 4 is 41.8 Å². The summed E-state index contributed by atoms with van der Waals surface area (Å²) in [5.74, 6) is 0.731. The van der Waals surface area contributed by atoms with E-state index in [1.54, 1.807) is 0 Å². The topological polar surface area (TPSA) is 83.8 Å². The van der Waals surface area contributed by atoms with Gasteiger partial charge in [-0.05, 0) is 12.1 Å². The van der Waals surface area contributed by atoms with Crippen LogP contribution in [0.2, 0.25) is 0 Å². The minimum atomic E-state index is -0.142. The molecule has 0 saturated carbocycles. The van der Waals surface area contributed by atoms with E-state index in [2.05, 4.69) is 15.3 Å². The Labute approximate surface area is 117 Å². The van der Waals surface area contributed by atoms with Gasteiger partial charge >= 0.3 is 0 Å². The van der Waals surface area contributed by atoms with Crippen molar-refractivity contribution in [3.05, 3.63) is 30.1 Å². The first-order valence-electron chi connectivity index (χ1n) is 5.20. The lowest BCUT2D eigenvalue weighted by Gasteiger charge is -2.00. The molecule has 4 N–H and O–H groups in total. The van der Waals surface area contributed by atoms with Crippen LogP contribution in [0.4, 0.5) is 0 Å². The molecule has 0 aliphatic heterocycles. The lowest BCUT2D eigenvalue weighted by atomic mass is 10.3. The summed E-state index contributed by atoms with van der Waals surface area (Å²) in [6.45, 7) is 0.579. The molecule has 100 valence electrons. The SMILES string of the molecule is Cl.Cl.NCC(=O)NCCc1nc2ccccc2[nH]1. The Bertz CT molecular complexity index is 468. The molecule has 0 unspecified atom stereocenters. The van der Waals surface area contributed by atoms with Crippen molar-refractivity contribution in [2.24, 2.45) is 5.73 Å². The number of para-hydroxylation sites is 2. The normalized spacial score (nSPS) is 9.39. The van der Waals surface area contributed by atoms with Gasteiger partial charge in [0.25, 0.3) is 0 Å². The summed E-state index contributed by atoms with van der Waals surface area (Å²) in [7, 11) is 0. The van der Waals surface area contributed by atoms with E-state index in [9.17, 15) is 4.79 Å². The number of hydrogen-bond donors (Lipinski definition) is 3. The maximum Gasteiger partial charge on any atom is 0.233 e. The zero-order valence-corrected chi connectivity index (χ0v) is 11.3. The van der Waals surface area contributed by atoms with Crippen LogP contribution in [0.25, 0.3) is 11.0 Å². The molecular weight excluding hydrogens is 275 g/mol. The number of amides is 1. The molecule has 2 rings (SSSR count). The van der Waals surface area contributed by atoms with Gasteiger partial charge < -0.3 is 16.0 Å². The molecule has 0 spiro atoms. The van der Waals surface area contributed by atoms with Crippen LogP contribution in [0, 0.1) is 0 Å². The fourth-order valence-corrected chi connectivity index (χ4v) is 1.52. The van der Waals surface area contributed by atoms with Gasteiger partial charge in [-0.25, -0.2) is 4.98 Å². The van der Waals surface area contributed by atoms with E-state index in [0.717, 1.165) is 16.9 Å². The van der Waals surface area contributed by atoms with E-state index in [-0.39, 0.29) is 37.3 Å². The molecule has 2 aromatic rings. The minimum Gasteiger partial charge on any atom is -0.355 e. The lowest BCUT2D eigenvalue weighted by Crippen LogP contribution is -2.31. The molecular formula is C11H16Cl2N4O. The first-order valence-corrected chi connectivity index (χ1v) is 5.20.